The Bertz CT molecular complexity index is 1120. The summed E-state index contributed by atoms with van der Waals surface area (Å²) in [6, 6.07) is 14.7. The highest BCUT2D eigenvalue weighted by Gasteiger charge is 2.08. The van der Waals surface area contributed by atoms with E-state index >= 15 is 0 Å². The van der Waals surface area contributed by atoms with Crippen LogP contribution in [0.25, 0.3) is 16.6 Å². The van der Waals surface area contributed by atoms with Crippen molar-refractivity contribution in [1.82, 2.24) is 30.4 Å². The van der Waals surface area contributed by atoms with Crippen LogP contribution in [-0.2, 0) is 13.0 Å². The van der Waals surface area contributed by atoms with Gasteiger partial charge >= 0.3 is 0 Å². The van der Waals surface area contributed by atoms with E-state index in [2.05, 4.69) is 30.8 Å². The molecule has 2 aromatic heterocycles. The Kier molecular flexibility index (Phi) is 7.39. The molecule has 0 unspecified atom stereocenters. The molecule has 0 radical (unpaired) electrons. The average Bonchev–Trinajstić information content (AvgIpc) is 3.38. The van der Waals surface area contributed by atoms with Gasteiger partial charge in [0, 0.05) is 36.4 Å². The number of aromatic nitrogens is 4. The average molecular weight is 519 g/mol. The van der Waals surface area contributed by atoms with Crippen LogP contribution >= 0.6 is 24.0 Å². The first-order chi connectivity index (χ1) is 14.2. The fraction of sp³-hybridized carbons (Fsp3) is 0.190. The summed E-state index contributed by atoms with van der Waals surface area (Å²) >= 11 is 0. The number of rotatable bonds is 6. The van der Waals surface area contributed by atoms with Crippen molar-refractivity contribution in [1.29, 1.82) is 0 Å². The van der Waals surface area contributed by atoms with Crippen LogP contribution in [0.15, 0.2) is 66.0 Å². The molecule has 0 spiro atoms. The number of guanidine groups is 1. The van der Waals surface area contributed by atoms with E-state index in [0.29, 0.717) is 19.0 Å². The van der Waals surface area contributed by atoms with Crippen molar-refractivity contribution in [3.8, 4) is 5.69 Å². The predicted molar refractivity (Wildman–Crippen MR) is 127 cm³/mol. The Morgan fingerprint density at radius 1 is 1.17 bits per heavy atom. The van der Waals surface area contributed by atoms with Crippen LogP contribution in [0.3, 0.4) is 0 Å². The van der Waals surface area contributed by atoms with Crippen molar-refractivity contribution in [3.63, 3.8) is 0 Å². The van der Waals surface area contributed by atoms with Crippen LogP contribution in [0, 0.1) is 5.82 Å². The number of aromatic amines is 1. The summed E-state index contributed by atoms with van der Waals surface area (Å²) < 4.78 is 15.3. The summed E-state index contributed by atoms with van der Waals surface area (Å²) in [6.45, 7) is 1.18. The molecule has 30 heavy (non-hydrogen) atoms. The van der Waals surface area contributed by atoms with Gasteiger partial charge in [-0.3, -0.25) is 9.56 Å². The zero-order valence-corrected chi connectivity index (χ0v) is 18.8. The molecule has 0 saturated carbocycles. The van der Waals surface area contributed by atoms with Crippen LogP contribution in [0.2, 0.25) is 0 Å². The summed E-state index contributed by atoms with van der Waals surface area (Å²) in [5.41, 5.74) is 2.95. The minimum atomic E-state index is -0.239. The Morgan fingerprint density at radius 3 is 2.80 bits per heavy atom. The Balaban J connectivity index is 0.00000256. The third-order valence-electron chi connectivity index (χ3n) is 4.71. The van der Waals surface area contributed by atoms with Gasteiger partial charge in [-0.15, -0.1) is 34.2 Å². The van der Waals surface area contributed by atoms with E-state index in [-0.39, 0.29) is 29.8 Å². The lowest BCUT2D eigenvalue weighted by Crippen LogP contribution is -2.38. The second kappa shape index (κ2) is 10.2. The molecule has 0 fully saturated rings. The molecule has 3 N–H and O–H groups in total. The molecule has 0 saturated heterocycles. The largest absolute Gasteiger partial charge is 0.361 e. The Labute approximate surface area is 190 Å². The molecule has 2 aromatic carbocycles. The fourth-order valence-electron chi connectivity index (χ4n) is 3.25. The summed E-state index contributed by atoms with van der Waals surface area (Å²) in [7, 11) is 1.73. The number of hydrogen-bond acceptors (Lipinski definition) is 3. The highest BCUT2D eigenvalue weighted by molar-refractivity contribution is 14.0. The number of halogens is 2. The van der Waals surface area contributed by atoms with Gasteiger partial charge in [-0.2, -0.15) is 0 Å². The quantitative estimate of drug-likeness (QED) is 0.207. The third kappa shape index (κ3) is 4.96. The van der Waals surface area contributed by atoms with Crippen LogP contribution in [-0.4, -0.2) is 39.3 Å². The lowest BCUT2D eigenvalue weighted by molar-refractivity contribution is 0.629. The van der Waals surface area contributed by atoms with E-state index in [1.54, 1.807) is 19.4 Å². The SMILES string of the molecule is CN=C(NCCc1c[nH]c2cc(F)ccc12)NCc1nncn1-c1ccccc1.I. The molecule has 2 heterocycles. The smallest absolute Gasteiger partial charge is 0.191 e. The molecule has 0 bridgehead atoms. The number of fused-ring (bicyclic) bond motifs is 1. The lowest BCUT2D eigenvalue weighted by Gasteiger charge is -2.12. The van der Waals surface area contributed by atoms with E-state index in [4.69, 9.17) is 0 Å². The normalized spacial score (nSPS) is 11.3. The molecule has 0 aliphatic carbocycles. The van der Waals surface area contributed by atoms with E-state index in [1.165, 1.54) is 12.1 Å². The highest BCUT2D eigenvalue weighted by atomic mass is 127. The standard InChI is InChI=1S/C21H22FN7.HI/c1-23-21(24-10-9-15-12-25-19-11-16(22)7-8-18(15)19)26-13-20-28-27-14-29(20)17-5-3-2-4-6-17;/h2-8,11-12,14,25H,9-10,13H2,1H3,(H2,23,24,26);1H. The lowest BCUT2D eigenvalue weighted by atomic mass is 10.1. The Hall–Kier alpha value is -2.95. The van der Waals surface area contributed by atoms with Crippen molar-refractivity contribution in [2.45, 2.75) is 13.0 Å². The van der Waals surface area contributed by atoms with Gasteiger partial charge in [0.15, 0.2) is 11.8 Å². The second-order valence-electron chi connectivity index (χ2n) is 6.56. The van der Waals surface area contributed by atoms with Gasteiger partial charge in [0.1, 0.15) is 12.1 Å². The van der Waals surface area contributed by atoms with Crippen molar-refractivity contribution in [3.05, 3.63) is 78.3 Å². The molecule has 7 nitrogen and oxygen atoms in total. The first-order valence-electron chi connectivity index (χ1n) is 9.39. The number of hydrogen-bond donors (Lipinski definition) is 3. The molecule has 0 aliphatic rings. The minimum absolute atomic E-state index is 0. The van der Waals surface area contributed by atoms with E-state index < -0.39 is 0 Å². The fourth-order valence-corrected chi connectivity index (χ4v) is 3.25. The number of nitrogens with one attached hydrogen (secondary N) is 3. The van der Waals surface area contributed by atoms with Crippen LogP contribution in [0.1, 0.15) is 11.4 Å². The van der Waals surface area contributed by atoms with E-state index in [0.717, 1.165) is 34.4 Å². The Morgan fingerprint density at radius 2 is 2.00 bits per heavy atom. The van der Waals surface area contributed by atoms with Gasteiger partial charge in [-0.05, 0) is 42.3 Å². The number of nitrogens with zero attached hydrogens (tertiary/aromatic N) is 4. The summed E-state index contributed by atoms with van der Waals surface area (Å²) in [5.74, 6) is 1.23. The summed E-state index contributed by atoms with van der Waals surface area (Å²) in [5, 5.41) is 15.8. The maximum absolute atomic E-state index is 13.3. The molecule has 4 rings (SSSR count). The molecule has 0 atom stereocenters. The van der Waals surface area contributed by atoms with E-state index in [9.17, 15) is 4.39 Å². The molecule has 0 aliphatic heterocycles. The molecular weight excluding hydrogens is 496 g/mol. The van der Waals surface area contributed by atoms with Crippen LogP contribution in [0.4, 0.5) is 4.39 Å². The van der Waals surface area contributed by atoms with Crippen molar-refractivity contribution >= 4 is 40.8 Å². The van der Waals surface area contributed by atoms with Gasteiger partial charge in [0.2, 0.25) is 0 Å². The van der Waals surface area contributed by atoms with Crippen molar-refractivity contribution in [2.24, 2.45) is 4.99 Å². The number of aliphatic imine (C=N–C) groups is 1. The molecule has 156 valence electrons. The van der Waals surface area contributed by atoms with Crippen molar-refractivity contribution in [2.75, 3.05) is 13.6 Å². The predicted octanol–water partition coefficient (Wildman–Crippen LogP) is 3.41. The maximum Gasteiger partial charge on any atom is 0.191 e. The summed E-state index contributed by atoms with van der Waals surface area (Å²) in [4.78, 5) is 7.38. The number of para-hydroxylation sites is 1. The van der Waals surface area contributed by atoms with E-state index in [1.807, 2.05) is 41.1 Å². The molecule has 4 aromatic rings. The monoisotopic (exact) mass is 519 g/mol. The molecular formula is C21H23FIN7. The van der Waals surface area contributed by atoms with Crippen LogP contribution in [0.5, 0.6) is 0 Å². The van der Waals surface area contributed by atoms with Gasteiger partial charge in [0.05, 0.1) is 6.54 Å². The topological polar surface area (TPSA) is 82.9 Å². The first-order valence-corrected chi connectivity index (χ1v) is 9.39. The van der Waals surface area contributed by atoms with Gasteiger partial charge in [-0.25, -0.2) is 4.39 Å². The number of benzene rings is 2. The maximum atomic E-state index is 13.3. The number of H-pyrrole nitrogens is 1. The second-order valence-corrected chi connectivity index (χ2v) is 6.56. The molecule has 9 heteroatoms. The van der Waals surface area contributed by atoms with Gasteiger partial charge in [-0.1, -0.05) is 18.2 Å². The first kappa shape index (κ1) is 21.8. The van der Waals surface area contributed by atoms with Gasteiger partial charge < -0.3 is 15.6 Å². The zero-order chi connectivity index (χ0) is 20.1. The summed E-state index contributed by atoms with van der Waals surface area (Å²) in [6.07, 6.45) is 4.40. The zero-order valence-electron chi connectivity index (χ0n) is 16.5. The van der Waals surface area contributed by atoms with Crippen molar-refractivity contribution < 1.29 is 4.39 Å². The van der Waals surface area contributed by atoms with Crippen LogP contribution < -0.4 is 10.6 Å². The molecule has 0 amide bonds. The third-order valence-corrected chi connectivity index (χ3v) is 4.71. The van der Waals surface area contributed by atoms with Gasteiger partial charge in [0.25, 0.3) is 0 Å². The highest BCUT2D eigenvalue weighted by Crippen LogP contribution is 2.19. The minimum Gasteiger partial charge on any atom is -0.361 e.